The molecule has 0 aromatic heterocycles. The van der Waals surface area contributed by atoms with E-state index in [9.17, 15) is 9.90 Å². The largest absolute Gasteiger partial charge is 0.394 e. The molecule has 0 aliphatic heterocycles. The van der Waals surface area contributed by atoms with E-state index in [-0.39, 0.29) is 12.5 Å². The molecule has 0 heterocycles. The van der Waals surface area contributed by atoms with Crippen LogP contribution in [-0.4, -0.2) is 23.2 Å². The van der Waals surface area contributed by atoms with E-state index in [1.165, 1.54) is 51.4 Å². The second kappa shape index (κ2) is 14.4. The third-order valence-corrected chi connectivity index (χ3v) is 5.67. The van der Waals surface area contributed by atoms with Crippen LogP contribution in [0.15, 0.2) is 0 Å². The molecule has 0 fully saturated rings. The van der Waals surface area contributed by atoms with Gasteiger partial charge >= 0.3 is 0 Å². The number of rotatable bonds is 16. The summed E-state index contributed by atoms with van der Waals surface area (Å²) < 4.78 is 0. The lowest BCUT2D eigenvalue weighted by Gasteiger charge is -2.24. The Morgan fingerprint density at radius 3 is 1.59 bits per heavy atom. The van der Waals surface area contributed by atoms with Crippen molar-refractivity contribution in [3.8, 4) is 0 Å². The zero-order chi connectivity index (χ0) is 20.9. The molecule has 0 spiro atoms. The van der Waals surface area contributed by atoms with Crippen molar-refractivity contribution in [2.75, 3.05) is 6.61 Å². The molecule has 3 nitrogen and oxygen atoms in total. The molecule has 27 heavy (non-hydrogen) atoms. The Labute approximate surface area is 170 Å². The fourth-order valence-electron chi connectivity index (χ4n) is 3.68. The summed E-state index contributed by atoms with van der Waals surface area (Å²) in [7, 11) is 0. The van der Waals surface area contributed by atoms with Crippen LogP contribution in [0.3, 0.4) is 0 Å². The van der Waals surface area contributed by atoms with E-state index in [0.29, 0.717) is 12.3 Å². The summed E-state index contributed by atoms with van der Waals surface area (Å²) >= 11 is 0. The van der Waals surface area contributed by atoms with Gasteiger partial charge in [-0.05, 0) is 37.5 Å². The summed E-state index contributed by atoms with van der Waals surface area (Å²) in [6, 6.07) is 0. The van der Waals surface area contributed by atoms with Crippen molar-refractivity contribution in [2.45, 2.75) is 118 Å². The third-order valence-electron chi connectivity index (χ3n) is 5.67. The minimum Gasteiger partial charge on any atom is -0.394 e. The van der Waals surface area contributed by atoms with E-state index < -0.39 is 5.54 Å². The average molecular weight is 384 g/mol. The SMILES string of the molecule is CC(C)CCCC(C)CCCC(C)CCCC(C)CC(=O)NC(C)(C)CO. The molecule has 3 heteroatoms. The minimum absolute atomic E-state index is 0.0268. The molecule has 0 rings (SSSR count). The van der Waals surface area contributed by atoms with E-state index >= 15 is 0 Å². The first-order valence-corrected chi connectivity index (χ1v) is 11.5. The van der Waals surface area contributed by atoms with Gasteiger partial charge in [0.1, 0.15) is 0 Å². The van der Waals surface area contributed by atoms with Gasteiger partial charge in [0.05, 0.1) is 12.1 Å². The molecule has 0 aliphatic rings. The topological polar surface area (TPSA) is 49.3 Å². The number of amides is 1. The van der Waals surface area contributed by atoms with Crippen LogP contribution in [0.4, 0.5) is 0 Å². The van der Waals surface area contributed by atoms with Crippen LogP contribution in [0, 0.1) is 23.7 Å². The zero-order valence-electron chi connectivity index (χ0n) is 19.4. The molecular weight excluding hydrogens is 334 g/mol. The van der Waals surface area contributed by atoms with E-state index in [1.807, 2.05) is 13.8 Å². The van der Waals surface area contributed by atoms with Gasteiger partial charge in [0.25, 0.3) is 0 Å². The highest BCUT2D eigenvalue weighted by atomic mass is 16.3. The molecule has 3 unspecified atom stereocenters. The Balaban J connectivity index is 3.75. The Morgan fingerprint density at radius 2 is 1.19 bits per heavy atom. The molecule has 0 radical (unpaired) electrons. The lowest BCUT2D eigenvalue weighted by Crippen LogP contribution is -2.46. The van der Waals surface area contributed by atoms with Crippen molar-refractivity contribution in [3.63, 3.8) is 0 Å². The van der Waals surface area contributed by atoms with E-state index in [4.69, 9.17) is 0 Å². The van der Waals surface area contributed by atoms with Crippen LogP contribution < -0.4 is 5.32 Å². The maximum atomic E-state index is 12.0. The van der Waals surface area contributed by atoms with Gasteiger partial charge < -0.3 is 10.4 Å². The molecule has 2 N–H and O–H groups in total. The minimum atomic E-state index is -0.517. The van der Waals surface area contributed by atoms with E-state index in [2.05, 4.69) is 39.9 Å². The summed E-state index contributed by atoms with van der Waals surface area (Å²) in [6.07, 6.45) is 12.4. The smallest absolute Gasteiger partial charge is 0.220 e. The van der Waals surface area contributed by atoms with Crippen LogP contribution in [0.2, 0.25) is 0 Å². The third kappa shape index (κ3) is 16.1. The average Bonchev–Trinajstić information content (AvgIpc) is 2.53. The summed E-state index contributed by atoms with van der Waals surface area (Å²) in [6.45, 7) is 15.3. The molecule has 0 aromatic carbocycles. The Hall–Kier alpha value is -0.570. The van der Waals surface area contributed by atoms with Gasteiger partial charge in [-0.3, -0.25) is 4.79 Å². The normalized spacial score (nSPS) is 15.6. The van der Waals surface area contributed by atoms with Crippen LogP contribution in [-0.2, 0) is 4.79 Å². The molecular formula is C24H49NO2. The maximum Gasteiger partial charge on any atom is 0.220 e. The lowest BCUT2D eigenvalue weighted by molar-refractivity contribution is -0.124. The first-order valence-electron chi connectivity index (χ1n) is 11.5. The van der Waals surface area contributed by atoms with E-state index in [0.717, 1.165) is 24.2 Å². The number of hydrogen-bond donors (Lipinski definition) is 2. The Kier molecular flexibility index (Phi) is 14.1. The highest BCUT2D eigenvalue weighted by Gasteiger charge is 2.20. The lowest BCUT2D eigenvalue weighted by atomic mass is 9.90. The van der Waals surface area contributed by atoms with Crippen molar-refractivity contribution in [2.24, 2.45) is 23.7 Å². The summed E-state index contributed by atoms with van der Waals surface area (Å²) in [5.41, 5.74) is -0.517. The highest BCUT2D eigenvalue weighted by Crippen LogP contribution is 2.22. The number of nitrogens with one attached hydrogen (secondary N) is 1. The first kappa shape index (κ1) is 26.4. The summed E-state index contributed by atoms with van der Waals surface area (Å²) in [5, 5.41) is 12.1. The second-order valence-corrected chi connectivity index (χ2v) is 10.3. The van der Waals surface area contributed by atoms with Crippen LogP contribution in [0.25, 0.3) is 0 Å². The predicted molar refractivity (Wildman–Crippen MR) is 118 cm³/mol. The van der Waals surface area contributed by atoms with Gasteiger partial charge in [0.2, 0.25) is 5.91 Å². The number of carbonyl (C=O) groups is 1. The van der Waals surface area contributed by atoms with Gasteiger partial charge in [-0.1, -0.05) is 92.4 Å². The number of hydrogen-bond acceptors (Lipinski definition) is 2. The van der Waals surface area contributed by atoms with E-state index in [1.54, 1.807) is 0 Å². The molecule has 0 saturated carbocycles. The van der Waals surface area contributed by atoms with Gasteiger partial charge in [0, 0.05) is 6.42 Å². The Bertz CT molecular complexity index is 379. The molecule has 0 saturated heterocycles. The number of carbonyl (C=O) groups excluding carboxylic acids is 1. The van der Waals surface area contributed by atoms with Crippen LogP contribution in [0.5, 0.6) is 0 Å². The highest BCUT2D eigenvalue weighted by molar-refractivity contribution is 5.76. The Morgan fingerprint density at radius 1 is 0.778 bits per heavy atom. The van der Waals surface area contributed by atoms with Gasteiger partial charge in [0.15, 0.2) is 0 Å². The second-order valence-electron chi connectivity index (χ2n) is 10.3. The molecule has 162 valence electrons. The van der Waals surface area contributed by atoms with Crippen molar-refractivity contribution >= 4 is 5.91 Å². The first-order chi connectivity index (χ1) is 12.6. The standard InChI is InChI=1S/C24H49NO2/c1-19(2)11-8-12-20(3)13-9-14-21(4)15-10-16-22(5)17-23(27)25-24(6,7)18-26/h19-22,26H,8-18H2,1-7H3,(H,25,27). The number of aliphatic hydroxyl groups is 1. The molecule has 0 bridgehead atoms. The summed E-state index contributed by atoms with van der Waals surface area (Å²) in [4.78, 5) is 12.0. The fraction of sp³-hybridized carbons (Fsp3) is 0.958. The quantitative estimate of drug-likeness (QED) is 0.327. The molecule has 0 aromatic rings. The van der Waals surface area contributed by atoms with Gasteiger partial charge in [-0.2, -0.15) is 0 Å². The van der Waals surface area contributed by atoms with Crippen molar-refractivity contribution in [1.82, 2.24) is 5.32 Å². The molecule has 1 amide bonds. The predicted octanol–water partition coefficient (Wildman–Crippen LogP) is 6.34. The van der Waals surface area contributed by atoms with Crippen LogP contribution in [0.1, 0.15) is 113 Å². The van der Waals surface area contributed by atoms with Gasteiger partial charge in [-0.25, -0.2) is 0 Å². The fourth-order valence-corrected chi connectivity index (χ4v) is 3.68. The van der Waals surface area contributed by atoms with Crippen molar-refractivity contribution < 1.29 is 9.90 Å². The van der Waals surface area contributed by atoms with Crippen molar-refractivity contribution in [1.29, 1.82) is 0 Å². The number of aliphatic hydroxyl groups excluding tert-OH is 1. The zero-order valence-corrected chi connectivity index (χ0v) is 19.4. The maximum absolute atomic E-state index is 12.0. The monoisotopic (exact) mass is 383 g/mol. The van der Waals surface area contributed by atoms with Gasteiger partial charge in [-0.15, -0.1) is 0 Å². The van der Waals surface area contributed by atoms with Crippen molar-refractivity contribution in [3.05, 3.63) is 0 Å². The molecule has 3 atom stereocenters. The molecule has 0 aliphatic carbocycles. The van der Waals surface area contributed by atoms with Crippen LogP contribution >= 0.6 is 0 Å². The summed E-state index contributed by atoms with van der Waals surface area (Å²) in [5.74, 6) is 2.97.